The molecule has 4 atom stereocenters. The molecule has 0 bridgehead atoms. The van der Waals surface area contributed by atoms with Gasteiger partial charge in [0, 0.05) is 0 Å². The normalized spacial score (nSPS) is 34.5. The van der Waals surface area contributed by atoms with Crippen molar-refractivity contribution in [2.24, 2.45) is 0 Å². The van der Waals surface area contributed by atoms with Crippen LogP contribution in [-0.2, 0) is 38.0 Å². The summed E-state index contributed by atoms with van der Waals surface area (Å²) in [5, 5.41) is 0. The summed E-state index contributed by atoms with van der Waals surface area (Å²) in [6, 6.07) is 0. The van der Waals surface area contributed by atoms with E-state index in [1.807, 2.05) is 20.8 Å². The monoisotopic (exact) mass is 382 g/mol. The van der Waals surface area contributed by atoms with E-state index >= 15 is 0 Å². The average Bonchev–Trinajstić information content (AvgIpc) is 2.91. The third-order valence-corrected chi connectivity index (χ3v) is 4.55. The molecule has 2 saturated heterocycles. The Bertz CT molecular complexity index is 544. The van der Waals surface area contributed by atoms with Crippen LogP contribution in [0.2, 0.25) is 0 Å². The highest BCUT2D eigenvalue weighted by Crippen LogP contribution is 2.31. The highest BCUT2D eigenvalue weighted by molar-refractivity contribution is 7.85. The third kappa shape index (κ3) is 6.42. The van der Waals surface area contributed by atoms with E-state index in [9.17, 15) is 8.42 Å². The first-order valence-corrected chi connectivity index (χ1v) is 10.4. The van der Waals surface area contributed by atoms with Gasteiger partial charge in [0.1, 0.15) is 18.3 Å². The van der Waals surface area contributed by atoms with Gasteiger partial charge in [-0.15, -0.1) is 0 Å². The molecule has 25 heavy (non-hydrogen) atoms. The van der Waals surface area contributed by atoms with Gasteiger partial charge in [0.15, 0.2) is 11.6 Å². The summed E-state index contributed by atoms with van der Waals surface area (Å²) in [5.41, 5.74) is 0. The zero-order valence-corrected chi connectivity index (χ0v) is 16.6. The molecule has 0 aromatic carbocycles. The van der Waals surface area contributed by atoms with E-state index in [4.69, 9.17) is 27.9 Å². The first-order valence-electron chi connectivity index (χ1n) is 8.54. The van der Waals surface area contributed by atoms with Gasteiger partial charge in [-0.3, -0.25) is 4.18 Å². The number of hydrogen-bond acceptors (Lipinski definition) is 8. The Morgan fingerprint density at radius 2 is 1.20 bits per heavy atom. The minimum Gasteiger partial charge on any atom is -0.376 e. The van der Waals surface area contributed by atoms with E-state index in [0.29, 0.717) is 6.61 Å². The standard InChI is InChI=1S/C16H30O8S/c1-7-11-12(22-15(2,3)21-11)8-19-9-13-14(10-20-25(6,17)18)24-16(4,5)23-13/h11-14H,7-10H2,1-6H3. The lowest BCUT2D eigenvalue weighted by Gasteiger charge is -2.20. The smallest absolute Gasteiger partial charge is 0.264 e. The number of ether oxygens (including phenoxy) is 5. The molecule has 4 unspecified atom stereocenters. The molecule has 0 radical (unpaired) electrons. The van der Waals surface area contributed by atoms with Crippen LogP contribution in [0.3, 0.4) is 0 Å². The summed E-state index contributed by atoms with van der Waals surface area (Å²) in [5.74, 6) is -1.43. The van der Waals surface area contributed by atoms with E-state index < -0.39 is 33.9 Å². The minimum atomic E-state index is -3.54. The molecule has 0 aliphatic carbocycles. The SMILES string of the molecule is CCC1OC(C)(C)OC1COCC1OC(C)(C)OC1COS(C)(=O)=O. The minimum absolute atomic E-state index is 0.0171. The van der Waals surface area contributed by atoms with Crippen molar-refractivity contribution in [3.05, 3.63) is 0 Å². The summed E-state index contributed by atoms with van der Waals surface area (Å²) in [7, 11) is -3.54. The van der Waals surface area contributed by atoms with E-state index in [0.717, 1.165) is 12.7 Å². The Morgan fingerprint density at radius 1 is 0.800 bits per heavy atom. The number of rotatable bonds is 8. The van der Waals surface area contributed by atoms with Gasteiger partial charge in [-0.25, -0.2) is 0 Å². The molecular weight excluding hydrogens is 352 g/mol. The van der Waals surface area contributed by atoms with Gasteiger partial charge < -0.3 is 23.7 Å². The molecular formula is C16H30O8S. The van der Waals surface area contributed by atoms with Crippen molar-refractivity contribution in [2.45, 2.75) is 77.0 Å². The Kier molecular flexibility index (Phi) is 6.52. The largest absolute Gasteiger partial charge is 0.376 e. The first-order chi connectivity index (χ1) is 11.4. The molecule has 0 amide bonds. The van der Waals surface area contributed by atoms with Crippen LogP contribution in [0.1, 0.15) is 41.0 Å². The van der Waals surface area contributed by atoms with Crippen LogP contribution in [0.25, 0.3) is 0 Å². The second-order valence-electron chi connectivity index (χ2n) is 7.36. The molecule has 0 saturated carbocycles. The van der Waals surface area contributed by atoms with E-state index in [1.165, 1.54) is 0 Å². The molecule has 2 heterocycles. The lowest BCUT2D eigenvalue weighted by molar-refractivity contribution is -0.158. The lowest BCUT2D eigenvalue weighted by Crippen LogP contribution is -2.35. The summed E-state index contributed by atoms with van der Waals surface area (Å²) in [6.07, 6.45) is 0.718. The van der Waals surface area contributed by atoms with E-state index in [1.54, 1.807) is 13.8 Å². The van der Waals surface area contributed by atoms with Crippen molar-refractivity contribution in [1.82, 2.24) is 0 Å². The quantitative estimate of drug-likeness (QED) is 0.583. The fourth-order valence-corrected chi connectivity index (χ4v) is 3.46. The van der Waals surface area contributed by atoms with Crippen molar-refractivity contribution >= 4 is 10.1 Å². The highest BCUT2D eigenvalue weighted by Gasteiger charge is 2.43. The molecule has 2 rings (SSSR count). The zero-order chi connectivity index (χ0) is 18.9. The van der Waals surface area contributed by atoms with Crippen molar-refractivity contribution in [3.63, 3.8) is 0 Å². The van der Waals surface area contributed by atoms with Crippen LogP contribution >= 0.6 is 0 Å². The van der Waals surface area contributed by atoms with Gasteiger partial charge in [0.2, 0.25) is 0 Å². The molecule has 148 valence electrons. The van der Waals surface area contributed by atoms with Crippen LogP contribution in [0.15, 0.2) is 0 Å². The van der Waals surface area contributed by atoms with Gasteiger partial charge in [-0.05, 0) is 34.1 Å². The van der Waals surface area contributed by atoms with Gasteiger partial charge in [0.25, 0.3) is 10.1 Å². The maximum Gasteiger partial charge on any atom is 0.264 e. The molecule has 2 fully saturated rings. The summed E-state index contributed by atoms with van der Waals surface area (Å²) in [4.78, 5) is 0. The zero-order valence-electron chi connectivity index (χ0n) is 15.8. The second-order valence-corrected chi connectivity index (χ2v) is 9.00. The van der Waals surface area contributed by atoms with Crippen molar-refractivity contribution in [2.75, 3.05) is 26.1 Å². The van der Waals surface area contributed by atoms with Crippen LogP contribution in [0.5, 0.6) is 0 Å². The molecule has 8 nitrogen and oxygen atoms in total. The first kappa shape index (κ1) is 21.0. The van der Waals surface area contributed by atoms with E-state index in [2.05, 4.69) is 0 Å². The van der Waals surface area contributed by atoms with Crippen molar-refractivity contribution in [3.8, 4) is 0 Å². The van der Waals surface area contributed by atoms with Crippen LogP contribution in [0, 0.1) is 0 Å². The fraction of sp³-hybridized carbons (Fsp3) is 1.00. The second kappa shape index (κ2) is 7.75. The Hall–Kier alpha value is -0.290. The molecule has 2 aliphatic rings. The Labute approximate surface area is 150 Å². The Balaban J connectivity index is 1.85. The third-order valence-electron chi connectivity index (χ3n) is 3.98. The highest BCUT2D eigenvalue weighted by atomic mass is 32.2. The summed E-state index contributed by atoms with van der Waals surface area (Å²) in [6.45, 7) is 9.84. The molecule has 0 aromatic heterocycles. The predicted molar refractivity (Wildman–Crippen MR) is 89.6 cm³/mol. The van der Waals surface area contributed by atoms with Gasteiger partial charge in [0.05, 0.1) is 32.2 Å². The van der Waals surface area contributed by atoms with Crippen LogP contribution < -0.4 is 0 Å². The van der Waals surface area contributed by atoms with Crippen molar-refractivity contribution < 1.29 is 36.3 Å². The topological polar surface area (TPSA) is 89.5 Å². The maximum atomic E-state index is 11.2. The molecule has 0 N–H and O–H groups in total. The maximum absolute atomic E-state index is 11.2. The summed E-state index contributed by atoms with van der Waals surface area (Å²) < 4.78 is 56.2. The predicted octanol–water partition coefficient (Wildman–Crippen LogP) is 1.43. The van der Waals surface area contributed by atoms with Gasteiger partial charge >= 0.3 is 0 Å². The molecule has 0 spiro atoms. The summed E-state index contributed by atoms with van der Waals surface area (Å²) >= 11 is 0. The molecule has 9 heteroatoms. The average molecular weight is 382 g/mol. The van der Waals surface area contributed by atoms with Crippen LogP contribution in [-0.4, -0.2) is 70.5 Å². The van der Waals surface area contributed by atoms with E-state index in [-0.39, 0.29) is 25.4 Å². The fourth-order valence-electron chi connectivity index (χ4n) is 3.08. The molecule has 2 aliphatic heterocycles. The lowest BCUT2D eigenvalue weighted by atomic mass is 10.2. The Morgan fingerprint density at radius 3 is 1.64 bits per heavy atom. The van der Waals surface area contributed by atoms with Crippen LogP contribution in [0.4, 0.5) is 0 Å². The molecule has 0 aromatic rings. The van der Waals surface area contributed by atoms with Crippen molar-refractivity contribution in [1.29, 1.82) is 0 Å². The number of hydrogen-bond donors (Lipinski definition) is 0. The van der Waals surface area contributed by atoms with Gasteiger partial charge in [-0.1, -0.05) is 6.92 Å². The van der Waals surface area contributed by atoms with Gasteiger partial charge in [-0.2, -0.15) is 8.42 Å².